The van der Waals surface area contributed by atoms with Gasteiger partial charge in [0.1, 0.15) is 0 Å². The minimum absolute atomic E-state index is 0.270. The molecule has 2 nitrogen and oxygen atoms in total. The average Bonchev–Trinajstić information content (AvgIpc) is 2.28. The SMILES string of the molecule is COc1ccc(C2CCCCCCN2)cc1F. The molecule has 1 saturated heterocycles. The fourth-order valence-corrected chi connectivity index (χ4v) is 2.39. The molecule has 17 heavy (non-hydrogen) atoms. The molecular weight excluding hydrogens is 217 g/mol. The molecule has 1 N–H and O–H groups in total. The quantitative estimate of drug-likeness (QED) is 0.851. The summed E-state index contributed by atoms with van der Waals surface area (Å²) < 4.78 is 18.6. The van der Waals surface area contributed by atoms with Crippen LogP contribution in [0.1, 0.15) is 43.7 Å². The Morgan fingerprint density at radius 2 is 2.06 bits per heavy atom. The molecule has 0 saturated carbocycles. The highest BCUT2D eigenvalue weighted by Crippen LogP contribution is 2.26. The Hall–Kier alpha value is -1.09. The van der Waals surface area contributed by atoms with Crippen LogP contribution in [-0.2, 0) is 0 Å². The Balaban J connectivity index is 2.11. The lowest BCUT2D eigenvalue weighted by molar-refractivity contribution is 0.383. The number of methoxy groups -OCH3 is 1. The first-order valence-corrected chi connectivity index (χ1v) is 6.38. The van der Waals surface area contributed by atoms with Crippen molar-refractivity contribution in [1.82, 2.24) is 5.32 Å². The third-order valence-corrected chi connectivity index (χ3v) is 3.39. The van der Waals surface area contributed by atoms with Crippen molar-refractivity contribution in [1.29, 1.82) is 0 Å². The fraction of sp³-hybridized carbons (Fsp3) is 0.571. The standard InChI is InChI=1S/C14H20FNO/c1-17-14-8-7-11(10-12(14)15)13-6-4-2-3-5-9-16-13/h7-8,10,13,16H,2-6,9H2,1H3. The number of hydrogen-bond donors (Lipinski definition) is 1. The summed E-state index contributed by atoms with van der Waals surface area (Å²) in [6.45, 7) is 1.03. The van der Waals surface area contributed by atoms with Crippen LogP contribution in [0.2, 0.25) is 0 Å². The number of nitrogens with one attached hydrogen (secondary N) is 1. The summed E-state index contributed by atoms with van der Waals surface area (Å²) in [5, 5.41) is 3.50. The van der Waals surface area contributed by atoms with E-state index in [0.717, 1.165) is 18.5 Å². The van der Waals surface area contributed by atoms with Gasteiger partial charge >= 0.3 is 0 Å². The monoisotopic (exact) mass is 237 g/mol. The van der Waals surface area contributed by atoms with Gasteiger partial charge in [-0.2, -0.15) is 0 Å². The molecule has 0 bridgehead atoms. The lowest BCUT2D eigenvalue weighted by atomic mass is 9.97. The van der Waals surface area contributed by atoms with Crippen molar-refractivity contribution in [3.05, 3.63) is 29.6 Å². The third-order valence-electron chi connectivity index (χ3n) is 3.39. The number of ether oxygens (including phenoxy) is 1. The van der Waals surface area contributed by atoms with Gasteiger partial charge in [-0.25, -0.2) is 4.39 Å². The number of halogens is 1. The number of benzene rings is 1. The molecule has 0 aromatic heterocycles. The van der Waals surface area contributed by atoms with E-state index in [0.29, 0.717) is 5.75 Å². The molecule has 0 radical (unpaired) electrons. The molecule has 1 fully saturated rings. The van der Waals surface area contributed by atoms with Gasteiger partial charge < -0.3 is 10.1 Å². The molecule has 0 amide bonds. The first kappa shape index (κ1) is 12.4. The van der Waals surface area contributed by atoms with Crippen LogP contribution >= 0.6 is 0 Å². The van der Waals surface area contributed by atoms with Gasteiger partial charge in [0, 0.05) is 6.04 Å². The third kappa shape index (κ3) is 3.19. The molecule has 1 aliphatic rings. The van der Waals surface area contributed by atoms with E-state index in [1.807, 2.05) is 6.07 Å². The van der Waals surface area contributed by atoms with Gasteiger partial charge in [0.25, 0.3) is 0 Å². The number of hydrogen-bond acceptors (Lipinski definition) is 2. The predicted molar refractivity (Wildman–Crippen MR) is 66.8 cm³/mol. The maximum Gasteiger partial charge on any atom is 0.165 e. The Kier molecular flexibility index (Phi) is 4.37. The summed E-state index contributed by atoms with van der Waals surface area (Å²) >= 11 is 0. The van der Waals surface area contributed by atoms with Crippen LogP contribution in [-0.4, -0.2) is 13.7 Å². The molecular formula is C14H20FNO. The lowest BCUT2D eigenvalue weighted by Gasteiger charge is -2.22. The molecule has 3 heteroatoms. The van der Waals surface area contributed by atoms with E-state index >= 15 is 0 Å². The highest BCUT2D eigenvalue weighted by atomic mass is 19.1. The lowest BCUT2D eigenvalue weighted by Crippen LogP contribution is -2.24. The van der Waals surface area contributed by atoms with E-state index in [1.54, 1.807) is 12.1 Å². The summed E-state index contributed by atoms with van der Waals surface area (Å²) in [5.74, 6) is 0.0495. The van der Waals surface area contributed by atoms with Gasteiger partial charge in [0.15, 0.2) is 11.6 Å². The van der Waals surface area contributed by atoms with Crippen LogP contribution in [0.5, 0.6) is 5.75 Å². The number of rotatable bonds is 2. The van der Waals surface area contributed by atoms with Gasteiger partial charge in [-0.05, 0) is 37.1 Å². The van der Waals surface area contributed by atoms with Crippen LogP contribution in [0.3, 0.4) is 0 Å². The van der Waals surface area contributed by atoms with E-state index < -0.39 is 0 Å². The maximum absolute atomic E-state index is 13.6. The van der Waals surface area contributed by atoms with Crippen molar-refractivity contribution >= 4 is 0 Å². The molecule has 1 atom stereocenters. The molecule has 1 aliphatic heterocycles. The molecule has 1 heterocycles. The summed E-state index contributed by atoms with van der Waals surface area (Å²) in [4.78, 5) is 0. The van der Waals surface area contributed by atoms with Crippen LogP contribution in [0.4, 0.5) is 4.39 Å². The van der Waals surface area contributed by atoms with Crippen molar-refractivity contribution in [2.75, 3.05) is 13.7 Å². The first-order valence-electron chi connectivity index (χ1n) is 6.38. The summed E-state index contributed by atoms with van der Waals surface area (Å²) in [6.07, 6.45) is 6.11. The van der Waals surface area contributed by atoms with Gasteiger partial charge in [-0.15, -0.1) is 0 Å². The van der Waals surface area contributed by atoms with E-state index in [2.05, 4.69) is 5.32 Å². The van der Waals surface area contributed by atoms with Crippen molar-refractivity contribution in [2.45, 2.75) is 38.1 Å². The Morgan fingerprint density at radius 3 is 2.82 bits per heavy atom. The topological polar surface area (TPSA) is 21.3 Å². The molecule has 0 aliphatic carbocycles. The van der Waals surface area contributed by atoms with Crippen molar-refractivity contribution in [2.24, 2.45) is 0 Å². The molecule has 1 aromatic carbocycles. The molecule has 94 valence electrons. The van der Waals surface area contributed by atoms with Crippen LogP contribution in [0, 0.1) is 5.82 Å². The second-order valence-corrected chi connectivity index (χ2v) is 4.60. The van der Waals surface area contributed by atoms with Crippen molar-refractivity contribution < 1.29 is 9.13 Å². The zero-order valence-electron chi connectivity index (χ0n) is 10.3. The molecule has 0 spiro atoms. The Labute approximate surface area is 102 Å². The van der Waals surface area contributed by atoms with Crippen molar-refractivity contribution in [3.63, 3.8) is 0 Å². The smallest absolute Gasteiger partial charge is 0.165 e. The van der Waals surface area contributed by atoms with Gasteiger partial charge in [0.2, 0.25) is 0 Å². The molecule has 1 unspecified atom stereocenters. The zero-order valence-corrected chi connectivity index (χ0v) is 10.3. The first-order chi connectivity index (χ1) is 8.31. The van der Waals surface area contributed by atoms with Crippen molar-refractivity contribution in [3.8, 4) is 5.75 Å². The van der Waals surface area contributed by atoms with Gasteiger partial charge in [0.05, 0.1) is 7.11 Å². The minimum atomic E-state index is -0.270. The molecule has 2 rings (SSSR count). The Bertz CT molecular complexity index is 359. The molecule has 1 aromatic rings. The van der Waals surface area contributed by atoms with E-state index in [4.69, 9.17) is 4.74 Å². The Morgan fingerprint density at radius 1 is 1.24 bits per heavy atom. The zero-order chi connectivity index (χ0) is 12.1. The van der Waals surface area contributed by atoms with Gasteiger partial charge in [-0.1, -0.05) is 25.3 Å². The van der Waals surface area contributed by atoms with E-state index in [1.165, 1.54) is 32.8 Å². The second-order valence-electron chi connectivity index (χ2n) is 4.60. The van der Waals surface area contributed by atoms with E-state index in [-0.39, 0.29) is 11.9 Å². The van der Waals surface area contributed by atoms with Crippen LogP contribution in [0.25, 0.3) is 0 Å². The van der Waals surface area contributed by atoms with E-state index in [9.17, 15) is 4.39 Å². The second kappa shape index (κ2) is 6.01. The fourth-order valence-electron chi connectivity index (χ4n) is 2.39. The van der Waals surface area contributed by atoms with Crippen LogP contribution < -0.4 is 10.1 Å². The van der Waals surface area contributed by atoms with Crippen LogP contribution in [0.15, 0.2) is 18.2 Å². The average molecular weight is 237 g/mol. The van der Waals surface area contributed by atoms with Gasteiger partial charge in [-0.3, -0.25) is 0 Å². The summed E-state index contributed by atoms with van der Waals surface area (Å²) in [5.41, 5.74) is 1.03. The highest BCUT2D eigenvalue weighted by Gasteiger charge is 2.14. The maximum atomic E-state index is 13.6. The largest absolute Gasteiger partial charge is 0.494 e. The summed E-state index contributed by atoms with van der Waals surface area (Å²) in [7, 11) is 1.49. The minimum Gasteiger partial charge on any atom is -0.494 e. The highest BCUT2D eigenvalue weighted by molar-refractivity contribution is 5.31. The normalized spacial score (nSPS) is 21.6. The summed E-state index contributed by atoms with van der Waals surface area (Å²) in [6, 6.07) is 5.56. The predicted octanol–water partition coefficient (Wildman–Crippen LogP) is 3.43.